The Balaban J connectivity index is 0.000000215. The van der Waals surface area contributed by atoms with E-state index >= 15 is 0 Å². The van der Waals surface area contributed by atoms with E-state index in [1.165, 1.54) is 16.0 Å². The number of nitrogens with zero attached hydrogens (tertiary/aromatic N) is 1. The maximum Gasteiger partial charge on any atom is 0.325 e. The Hall–Kier alpha value is -3.80. The molecule has 6 amide bonds. The van der Waals surface area contributed by atoms with Gasteiger partial charge in [-0.3, -0.25) is 25.1 Å². The van der Waals surface area contributed by atoms with Gasteiger partial charge in [0.25, 0.3) is 11.8 Å². The molecule has 2 aliphatic rings. The Labute approximate surface area is 260 Å². The van der Waals surface area contributed by atoms with Crippen LogP contribution in [-0.4, -0.2) is 63.1 Å². The molecule has 4 N–H and O–H groups in total. The lowest BCUT2D eigenvalue weighted by molar-refractivity contribution is -0.125. The van der Waals surface area contributed by atoms with E-state index in [1.54, 1.807) is 37.4 Å². The number of carbonyl (C=O) groups excluding carboxylic acids is 4. The van der Waals surface area contributed by atoms with Crippen molar-refractivity contribution in [1.29, 1.82) is 0 Å². The van der Waals surface area contributed by atoms with Crippen LogP contribution in [-0.2, 0) is 21.1 Å². The molecule has 3 aromatic carbocycles. The molecule has 0 radical (unpaired) electrons. The fraction of sp³-hybridized carbons (Fsp3) is 0.312. The number of carbonyl (C=O) groups is 4. The Morgan fingerprint density at radius 1 is 0.721 bits per heavy atom. The first-order valence-corrected chi connectivity index (χ1v) is 16.1. The average Bonchev–Trinajstić information content (AvgIpc) is 3.39. The topological polar surface area (TPSA) is 128 Å². The Kier molecular flexibility index (Phi) is 10.9. The van der Waals surface area contributed by atoms with Crippen molar-refractivity contribution in [3.63, 3.8) is 0 Å². The summed E-state index contributed by atoms with van der Waals surface area (Å²) < 4.78 is 0. The molecule has 2 fully saturated rings. The van der Waals surface area contributed by atoms with Crippen molar-refractivity contribution >= 4 is 47.4 Å². The standard InChI is InChI=1S/C20H22N2O3S.C12H14N2O2S/c1-20(14-26-13-15-8-4-2-5-9-15)18(24)21-19(25)22(20)17(12-23)16-10-6-3-7-11-16;1-12(10(15)13-11(16)14-12)8-17-7-9-5-3-2-4-6-9/h2-11,17,23H,12-14H2,1H3,(H,21,24,25);2-6H,7-8H2,1H3,(H2,13,14,15,16)/t17-,20-;12-/m00/s1. The summed E-state index contributed by atoms with van der Waals surface area (Å²) in [6.07, 6.45) is 0. The number of benzene rings is 3. The van der Waals surface area contributed by atoms with Gasteiger partial charge in [-0.25, -0.2) is 9.59 Å². The number of aliphatic hydroxyl groups is 1. The van der Waals surface area contributed by atoms with E-state index in [0.717, 1.165) is 17.1 Å². The molecule has 0 unspecified atom stereocenters. The first kappa shape index (κ1) is 32.1. The molecule has 3 atom stereocenters. The van der Waals surface area contributed by atoms with Crippen LogP contribution in [0.3, 0.4) is 0 Å². The highest BCUT2D eigenvalue weighted by Crippen LogP contribution is 2.35. The van der Waals surface area contributed by atoms with E-state index in [-0.39, 0.29) is 18.4 Å². The molecule has 11 heteroatoms. The summed E-state index contributed by atoms with van der Waals surface area (Å²) in [6, 6.07) is 27.9. The second kappa shape index (κ2) is 14.6. The zero-order valence-electron chi connectivity index (χ0n) is 24.1. The maximum absolute atomic E-state index is 12.5. The molecule has 2 heterocycles. The molecular formula is C32H36N4O5S2. The SMILES string of the molecule is C[C@@]1(CSCc2ccccc2)NC(=O)NC1=O.C[C@]1(CSCc2ccccc2)C(=O)NC(=O)N1[C@@H](CO)c1ccccc1. The number of amides is 6. The van der Waals surface area contributed by atoms with Crippen LogP contribution < -0.4 is 16.0 Å². The Morgan fingerprint density at radius 2 is 1.23 bits per heavy atom. The van der Waals surface area contributed by atoms with E-state index in [2.05, 4.69) is 16.0 Å². The summed E-state index contributed by atoms with van der Waals surface area (Å²) in [5, 5.41) is 17.3. The van der Waals surface area contributed by atoms with Crippen LogP contribution in [0.5, 0.6) is 0 Å². The van der Waals surface area contributed by atoms with E-state index in [0.29, 0.717) is 11.5 Å². The molecule has 226 valence electrons. The molecule has 0 aromatic heterocycles. The summed E-state index contributed by atoms with van der Waals surface area (Å²) in [5.41, 5.74) is 1.39. The number of thioether (sulfide) groups is 2. The highest BCUT2D eigenvalue weighted by molar-refractivity contribution is 7.98. The number of imide groups is 2. The van der Waals surface area contributed by atoms with Gasteiger partial charge in [0.05, 0.1) is 12.6 Å². The molecule has 0 spiro atoms. The van der Waals surface area contributed by atoms with Gasteiger partial charge in [-0.2, -0.15) is 23.5 Å². The summed E-state index contributed by atoms with van der Waals surface area (Å²) in [5.74, 6) is 2.03. The number of urea groups is 2. The number of aliphatic hydroxyl groups excluding tert-OH is 1. The molecule has 43 heavy (non-hydrogen) atoms. The number of hydrogen-bond acceptors (Lipinski definition) is 7. The summed E-state index contributed by atoms with van der Waals surface area (Å²) >= 11 is 3.23. The van der Waals surface area contributed by atoms with Gasteiger partial charge in [0, 0.05) is 23.0 Å². The predicted molar refractivity (Wildman–Crippen MR) is 170 cm³/mol. The van der Waals surface area contributed by atoms with Crippen LogP contribution in [0.1, 0.15) is 36.6 Å². The Morgan fingerprint density at radius 3 is 1.72 bits per heavy atom. The number of rotatable bonds is 11. The lowest BCUT2D eigenvalue weighted by atomic mass is 9.98. The van der Waals surface area contributed by atoms with Crippen molar-refractivity contribution < 1.29 is 24.3 Å². The normalized spacial score (nSPS) is 21.9. The molecular weight excluding hydrogens is 585 g/mol. The maximum atomic E-state index is 12.5. The van der Waals surface area contributed by atoms with Crippen LogP contribution in [0.15, 0.2) is 91.0 Å². The highest BCUT2D eigenvalue weighted by Gasteiger charge is 2.52. The molecule has 5 rings (SSSR count). The van der Waals surface area contributed by atoms with Crippen LogP contribution in [0, 0.1) is 0 Å². The molecule has 0 bridgehead atoms. The highest BCUT2D eigenvalue weighted by atomic mass is 32.2. The Bertz CT molecular complexity index is 1410. The van der Waals surface area contributed by atoms with Crippen molar-refractivity contribution in [3.8, 4) is 0 Å². The summed E-state index contributed by atoms with van der Waals surface area (Å²) in [6.45, 7) is 3.26. The predicted octanol–water partition coefficient (Wildman–Crippen LogP) is 4.48. The molecule has 3 aromatic rings. The monoisotopic (exact) mass is 620 g/mol. The zero-order chi connectivity index (χ0) is 30.9. The van der Waals surface area contributed by atoms with Gasteiger partial charge < -0.3 is 10.4 Å². The van der Waals surface area contributed by atoms with Crippen LogP contribution in [0.2, 0.25) is 0 Å². The van der Waals surface area contributed by atoms with Crippen molar-refractivity contribution in [2.45, 2.75) is 42.5 Å². The minimum atomic E-state index is -1.01. The average molecular weight is 621 g/mol. The van der Waals surface area contributed by atoms with Crippen molar-refractivity contribution in [3.05, 3.63) is 108 Å². The number of hydrogen-bond donors (Lipinski definition) is 4. The third-order valence-electron chi connectivity index (χ3n) is 7.24. The zero-order valence-corrected chi connectivity index (χ0v) is 25.8. The smallest absolute Gasteiger partial charge is 0.325 e. The number of nitrogens with one attached hydrogen (secondary N) is 3. The van der Waals surface area contributed by atoms with Gasteiger partial charge in [0.2, 0.25) is 0 Å². The molecule has 2 saturated heterocycles. The van der Waals surface area contributed by atoms with Crippen molar-refractivity contribution in [1.82, 2.24) is 20.9 Å². The van der Waals surface area contributed by atoms with Crippen LogP contribution in [0.4, 0.5) is 9.59 Å². The first-order chi connectivity index (χ1) is 20.7. The van der Waals surface area contributed by atoms with Crippen molar-refractivity contribution in [2.75, 3.05) is 18.1 Å². The molecule has 0 aliphatic carbocycles. The largest absolute Gasteiger partial charge is 0.394 e. The van der Waals surface area contributed by atoms with Crippen LogP contribution in [0.25, 0.3) is 0 Å². The van der Waals surface area contributed by atoms with E-state index in [9.17, 15) is 24.3 Å². The third kappa shape index (κ3) is 7.98. The van der Waals surface area contributed by atoms with Gasteiger partial charge in [-0.1, -0.05) is 91.0 Å². The van der Waals surface area contributed by atoms with Gasteiger partial charge in [-0.05, 0) is 30.5 Å². The van der Waals surface area contributed by atoms with Gasteiger partial charge >= 0.3 is 12.1 Å². The lowest BCUT2D eigenvalue weighted by Crippen LogP contribution is -2.51. The molecule has 2 aliphatic heterocycles. The van der Waals surface area contributed by atoms with Gasteiger partial charge in [-0.15, -0.1) is 0 Å². The summed E-state index contributed by atoms with van der Waals surface area (Å²) in [4.78, 5) is 49.1. The quantitative estimate of drug-likeness (QED) is 0.233. The van der Waals surface area contributed by atoms with Crippen LogP contribution >= 0.6 is 23.5 Å². The third-order valence-corrected chi connectivity index (χ3v) is 9.87. The van der Waals surface area contributed by atoms with Crippen molar-refractivity contribution in [2.24, 2.45) is 0 Å². The molecule has 0 saturated carbocycles. The fourth-order valence-corrected chi connectivity index (χ4v) is 7.17. The van der Waals surface area contributed by atoms with E-state index in [1.807, 2.05) is 91.0 Å². The van der Waals surface area contributed by atoms with Gasteiger partial charge in [0.15, 0.2) is 0 Å². The second-order valence-corrected chi connectivity index (χ2v) is 12.7. The fourth-order valence-electron chi connectivity index (χ4n) is 4.83. The van der Waals surface area contributed by atoms with E-state index in [4.69, 9.17) is 0 Å². The first-order valence-electron chi connectivity index (χ1n) is 13.8. The van der Waals surface area contributed by atoms with Gasteiger partial charge in [0.1, 0.15) is 11.1 Å². The van der Waals surface area contributed by atoms with E-state index < -0.39 is 29.2 Å². The second-order valence-electron chi connectivity index (χ2n) is 10.7. The summed E-state index contributed by atoms with van der Waals surface area (Å²) in [7, 11) is 0. The molecule has 9 nitrogen and oxygen atoms in total. The minimum Gasteiger partial charge on any atom is -0.394 e. The lowest BCUT2D eigenvalue weighted by Gasteiger charge is -2.37. The minimum absolute atomic E-state index is 0.246.